The molecule has 0 saturated carbocycles. The van der Waals surface area contributed by atoms with Gasteiger partial charge in [0.05, 0.1) is 22.1 Å². The van der Waals surface area contributed by atoms with Crippen LogP contribution < -0.4 is 14.8 Å². The average Bonchev–Trinajstić information content (AvgIpc) is 3.53. The Hall–Kier alpha value is -2.30. The van der Waals surface area contributed by atoms with E-state index < -0.39 is 31.8 Å². The van der Waals surface area contributed by atoms with Gasteiger partial charge in [-0.2, -0.15) is 4.31 Å². The maximum absolute atomic E-state index is 13.3. The van der Waals surface area contributed by atoms with E-state index in [-0.39, 0.29) is 29.0 Å². The zero-order valence-electron chi connectivity index (χ0n) is 21.8. The van der Waals surface area contributed by atoms with E-state index >= 15 is 0 Å². The van der Waals surface area contributed by atoms with Crippen LogP contribution in [0, 0.1) is 0 Å². The van der Waals surface area contributed by atoms with Gasteiger partial charge in [-0.25, -0.2) is 26.5 Å². The van der Waals surface area contributed by atoms with Crippen LogP contribution in [-0.4, -0.2) is 93.9 Å². The molecular weight excluding hydrogens is 582 g/mol. The molecule has 0 radical (unpaired) electrons. The van der Waals surface area contributed by atoms with Crippen molar-refractivity contribution >= 4 is 42.7 Å². The standard InChI is InChI=1S/C25H32ClN5O7S2/c1-27-39(33,34)20-4-2-3-19(9-20)37-16-18(32)12-28-17-11-25(38-15-17)5-7-31(8-6-25)40(35,36)21-10-22-23(26)14-30-24(22)29-13-21/h2-4,9-10,13-14,17-18,27-28,32H,5-8,11-12,15-16H2,1H3,(H,29,30)/t17-,18?/m1/s1. The first kappa shape index (κ1) is 29.2. The van der Waals surface area contributed by atoms with Gasteiger partial charge >= 0.3 is 0 Å². The molecule has 0 amide bonds. The van der Waals surface area contributed by atoms with Gasteiger partial charge in [0, 0.05) is 49.5 Å². The van der Waals surface area contributed by atoms with Gasteiger partial charge in [-0.15, -0.1) is 0 Å². The number of aliphatic hydroxyl groups is 1. The van der Waals surface area contributed by atoms with Crippen LogP contribution in [0.25, 0.3) is 11.0 Å². The number of rotatable bonds is 10. The molecule has 1 spiro atoms. The molecule has 2 aromatic heterocycles. The molecule has 4 heterocycles. The van der Waals surface area contributed by atoms with E-state index in [1.165, 1.54) is 29.7 Å². The smallest absolute Gasteiger partial charge is 0.244 e. The summed E-state index contributed by atoms with van der Waals surface area (Å²) < 4.78 is 65.9. The highest BCUT2D eigenvalue weighted by molar-refractivity contribution is 7.89. The normalized spacial score (nSPS) is 20.7. The number of pyridine rings is 1. The molecular formula is C25H32ClN5O7S2. The van der Waals surface area contributed by atoms with Crippen LogP contribution in [0.5, 0.6) is 5.75 Å². The Labute approximate surface area is 238 Å². The van der Waals surface area contributed by atoms with Crippen LogP contribution in [0.3, 0.4) is 0 Å². The number of hydrogen-bond donors (Lipinski definition) is 4. The molecule has 4 N–H and O–H groups in total. The minimum atomic E-state index is -3.73. The summed E-state index contributed by atoms with van der Waals surface area (Å²) in [6, 6.07) is 7.61. The number of aromatic amines is 1. The second-order valence-corrected chi connectivity index (χ2v) is 14.3. The molecule has 1 aromatic carbocycles. The van der Waals surface area contributed by atoms with Crippen LogP contribution in [0.4, 0.5) is 0 Å². The minimum Gasteiger partial charge on any atom is -0.491 e. The Morgan fingerprint density at radius 1 is 1.25 bits per heavy atom. The summed E-state index contributed by atoms with van der Waals surface area (Å²) in [6.45, 7) is 1.35. The average molecular weight is 614 g/mol. The van der Waals surface area contributed by atoms with Gasteiger partial charge in [-0.3, -0.25) is 0 Å². The van der Waals surface area contributed by atoms with Gasteiger partial charge in [-0.1, -0.05) is 17.7 Å². The third-order valence-corrected chi connectivity index (χ3v) is 11.0. The molecule has 218 valence electrons. The lowest BCUT2D eigenvalue weighted by atomic mass is 9.88. The summed E-state index contributed by atoms with van der Waals surface area (Å²) in [4.78, 5) is 7.28. The van der Waals surface area contributed by atoms with E-state index in [9.17, 15) is 21.9 Å². The summed E-state index contributed by atoms with van der Waals surface area (Å²) in [5.74, 6) is 0.340. The summed E-state index contributed by atoms with van der Waals surface area (Å²) >= 11 is 6.15. The zero-order chi connectivity index (χ0) is 28.5. The maximum atomic E-state index is 13.3. The lowest BCUT2D eigenvalue weighted by Gasteiger charge is -2.38. The van der Waals surface area contributed by atoms with E-state index in [1.54, 1.807) is 24.4 Å². The number of nitrogens with one attached hydrogen (secondary N) is 3. The van der Waals surface area contributed by atoms with Gasteiger partial charge in [0.1, 0.15) is 29.0 Å². The molecule has 12 nitrogen and oxygen atoms in total. The first-order valence-electron chi connectivity index (χ1n) is 12.9. The highest BCUT2D eigenvalue weighted by Gasteiger charge is 2.44. The van der Waals surface area contributed by atoms with Gasteiger partial charge < -0.3 is 24.9 Å². The van der Waals surface area contributed by atoms with E-state index in [0.29, 0.717) is 60.8 Å². The zero-order valence-corrected chi connectivity index (χ0v) is 24.2. The Morgan fingerprint density at radius 3 is 2.77 bits per heavy atom. The Kier molecular flexibility index (Phi) is 8.42. The molecule has 3 aromatic rings. The maximum Gasteiger partial charge on any atom is 0.244 e. The fourth-order valence-electron chi connectivity index (χ4n) is 5.10. The topological polar surface area (TPSA) is 163 Å². The van der Waals surface area contributed by atoms with Crippen molar-refractivity contribution in [3.05, 3.63) is 47.7 Å². The van der Waals surface area contributed by atoms with Crippen molar-refractivity contribution in [2.24, 2.45) is 0 Å². The van der Waals surface area contributed by atoms with Crippen molar-refractivity contribution in [2.45, 2.75) is 46.8 Å². The van der Waals surface area contributed by atoms with Gasteiger partial charge in [-0.05, 0) is 44.5 Å². The fraction of sp³-hybridized carbons (Fsp3) is 0.480. The lowest BCUT2D eigenvalue weighted by Crippen LogP contribution is -2.47. The number of piperidine rings is 1. The molecule has 2 fully saturated rings. The number of nitrogens with zero attached hydrogens (tertiary/aromatic N) is 2. The quantitative estimate of drug-likeness (QED) is 0.265. The number of ether oxygens (including phenoxy) is 2. The number of benzene rings is 1. The second kappa shape index (κ2) is 11.5. The van der Waals surface area contributed by atoms with Gasteiger partial charge in [0.15, 0.2) is 0 Å². The summed E-state index contributed by atoms with van der Waals surface area (Å²) in [6.07, 6.45) is 3.91. The van der Waals surface area contributed by atoms with E-state index in [4.69, 9.17) is 21.1 Å². The summed E-state index contributed by atoms with van der Waals surface area (Å²) in [7, 11) is -5.99. The molecule has 2 aliphatic heterocycles. The fourth-order valence-corrected chi connectivity index (χ4v) is 7.48. The van der Waals surface area contributed by atoms with Gasteiger partial charge in [0.2, 0.25) is 20.0 Å². The molecule has 15 heteroatoms. The summed E-state index contributed by atoms with van der Waals surface area (Å²) in [5.41, 5.74) is 0.113. The molecule has 40 heavy (non-hydrogen) atoms. The highest BCUT2D eigenvalue weighted by atomic mass is 35.5. The van der Waals surface area contributed by atoms with Crippen LogP contribution in [0.2, 0.25) is 5.02 Å². The number of halogens is 1. The second-order valence-electron chi connectivity index (χ2n) is 10.1. The molecule has 1 unspecified atom stereocenters. The monoisotopic (exact) mass is 613 g/mol. The van der Waals surface area contributed by atoms with Gasteiger partial charge in [0.25, 0.3) is 0 Å². The van der Waals surface area contributed by atoms with Crippen LogP contribution in [0.15, 0.2) is 52.5 Å². The third-order valence-electron chi connectivity index (χ3n) is 7.41. The van der Waals surface area contributed by atoms with Crippen LogP contribution in [0.1, 0.15) is 19.3 Å². The lowest BCUT2D eigenvalue weighted by molar-refractivity contribution is -0.0312. The molecule has 2 atom stereocenters. The van der Waals surface area contributed by atoms with Crippen molar-refractivity contribution in [1.29, 1.82) is 0 Å². The number of aromatic nitrogens is 2. The minimum absolute atomic E-state index is 0.00393. The first-order valence-corrected chi connectivity index (χ1v) is 16.2. The summed E-state index contributed by atoms with van der Waals surface area (Å²) in [5, 5.41) is 14.7. The van der Waals surface area contributed by atoms with E-state index in [2.05, 4.69) is 20.0 Å². The highest BCUT2D eigenvalue weighted by Crippen LogP contribution is 2.37. The SMILES string of the molecule is CNS(=O)(=O)c1cccc(OCC(O)CN[C@H]2COC3(CCN(S(=O)(=O)c4cnc5[nH]cc(Cl)c5c4)CC3)C2)c1. The molecule has 0 bridgehead atoms. The van der Waals surface area contributed by atoms with Crippen molar-refractivity contribution in [1.82, 2.24) is 24.3 Å². The molecule has 2 aliphatic rings. The largest absolute Gasteiger partial charge is 0.491 e. The van der Waals surface area contributed by atoms with E-state index in [1.807, 2.05) is 0 Å². The number of fused-ring (bicyclic) bond motifs is 1. The van der Waals surface area contributed by atoms with Crippen LogP contribution >= 0.6 is 11.6 Å². The Balaban J connectivity index is 1.09. The van der Waals surface area contributed by atoms with Crippen molar-refractivity contribution in [3.8, 4) is 5.75 Å². The number of H-pyrrole nitrogens is 1. The van der Waals surface area contributed by atoms with Crippen molar-refractivity contribution in [2.75, 3.05) is 39.9 Å². The predicted octanol–water partition coefficient (Wildman–Crippen LogP) is 1.47. The number of hydrogen-bond acceptors (Lipinski definition) is 9. The molecule has 2 saturated heterocycles. The van der Waals surface area contributed by atoms with Crippen molar-refractivity contribution in [3.63, 3.8) is 0 Å². The van der Waals surface area contributed by atoms with Crippen molar-refractivity contribution < 1.29 is 31.4 Å². The molecule has 0 aliphatic carbocycles. The first-order chi connectivity index (χ1) is 19.0. The van der Waals surface area contributed by atoms with E-state index in [0.717, 1.165) is 0 Å². The van der Waals surface area contributed by atoms with Crippen LogP contribution in [-0.2, 0) is 24.8 Å². The number of sulfonamides is 2. The number of aliphatic hydroxyl groups excluding tert-OH is 1. The Bertz CT molecular complexity index is 1570. The third kappa shape index (κ3) is 6.14. The predicted molar refractivity (Wildman–Crippen MR) is 148 cm³/mol. The molecule has 5 rings (SSSR count). The Morgan fingerprint density at radius 2 is 2.02 bits per heavy atom.